The van der Waals surface area contributed by atoms with Crippen LogP contribution in [0.4, 0.5) is 0 Å². The molecule has 1 aliphatic rings. The molecule has 0 saturated carbocycles. The van der Waals surface area contributed by atoms with Crippen molar-refractivity contribution in [3.8, 4) is 0 Å². The molecular formula is C18H36N2S5. The van der Waals surface area contributed by atoms with Gasteiger partial charge in [-0.2, -0.15) is 8.92 Å². The van der Waals surface area contributed by atoms with Crippen LogP contribution in [0.25, 0.3) is 0 Å². The Morgan fingerprint density at radius 1 is 0.800 bits per heavy atom. The molecule has 1 unspecified atom stereocenters. The third-order valence-electron chi connectivity index (χ3n) is 3.92. The Morgan fingerprint density at radius 3 is 2.00 bits per heavy atom. The zero-order valence-electron chi connectivity index (χ0n) is 16.0. The van der Waals surface area contributed by atoms with Crippen molar-refractivity contribution < 1.29 is 0 Å². The summed E-state index contributed by atoms with van der Waals surface area (Å²) in [5.74, 6) is 2.52. The van der Waals surface area contributed by atoms with Crippen LogP contribution in [-0.2, 0) is 0 Å². The normalized spacial score (nSPS) is 16.9. The quantitative estimate of drug-likeness (QED) is 0.119. The lowest BCUT2D eigenvalue weighted by atomic mass is 10.1. The zero-order chi connectivity index (χ0) is 18.0. The summed E-state index contributed by atoms with van der Waals surface area (Å²) in [6.07, 6.45) is 18.7. The van der Waals surface area contributed by atoms with Crippen LogP contribution in [0.3, 0.4) is 0 Å². The number of unbranched alkanes of at least 4 members (excludes halogenated alkanes) is 10. The number of rotatable bonds is 18. The molecule has 0 amide bonds. The lowest BCUT2D eigenvalue weighted by Gasteiger charge is -2.11. The van der Waals surface area contributed by atoms with Crippen molar-refractivity contribution >= 4 is 61.5 Å². The molecule has 0 saturated heterocycles. The average molecular weight is 441 g/mol. The average Bonchev–Trinajstić information content (AvgIpc) is 3.07. The third-order valence-corrected chi connectivity index (χ3v) is 10.7. The first-order chi connectivity index (χ1) is 12.4. The predicted octanol–water partition coefficient (Wildman–Crippen LogP) is 8.66. The van der Waals surface area contributed by atoms with Crippen LogP contribution < -0.4 is 0 Å². The van der Waals surface area contributed by atoms with E-state index in [1.165, 1.54) is 88.6 Å². The van der Waals surface area contributed by atoms with E-state index in [1.54, 1.807) is 11.0 Å². The van der Waals surface area contributed by atoms with E-state index in [2.05, 4.69) is 29.0 Å². The Bertz CT molecular complexity index is 290. The van der Waals surface area contributed by atoms with E-state index < -0.39 is 0 Å². The van der Waals surface area contributed by atoms with Crippen molar-refractivity contribution in [2.75, 3.05) is 11.5 Å². The van der Waals surface area contributed by atoms with Gasteiger partial charge in [0.05, 0.1) is 17.2 Å². The minimum atomic E-state index is 0.493. The molecular weight excluding hydrogens is 405 g/mol. The summed E-state index contributed by atoms with van der Waals surface area (Å²) >= 11 is 1.86. The standard InChI is InChI=1S/C18H36N2S5/c1-3-5-7-9-11-13-15-21-24-18-17-19-20(23-18)25-22-16-14-12-10-8-6-4-2/h17-18H,3-16H2,1-2H3. The molecule has 0 spiro atoms. The van der Waals surface area contributed by atoms with Crippen LogP contribution in [0.5, 0.6) is 0 Å². The van der Waals surface area contributed by atoms with Crippen LogP contribution in [0.1, 0.15) is 90.9 Å². The first-order valence-corrected chi connectivity index (χ1v) is 15.4. The largest absolute Gasteiger partial charge is 0.167 e. The third kappa shape index (κ3) is 14.9. The van der Waals surface area contributed by atoms with Gasteiger partial charge in [-0.25, -0.2) is 0 Å². The molecule has 1 aliphatic heterocycles. The summed E-state index contributed by atoms with van der Waals surface area (Å²) in [5, 5.41) is 4.50. The summed E-state index contributed by atoms with van der Waals surface area (Å²) in [7, 11) is 7.75. The minimum absolute atomic E-state index is 0.493. The summed E-state index contributed by atoms with van der Waals surface area (Å²) < 4.78 is 2.58. The van der Waals surface area contributed by atoms with Crippen molar-refractivity contribution in [1.82, 2.24) is 3.82 Å². The molecule has 7 heteroatoms. The molecule has 0 aliphatic carbocycles. The van der Waals surface area contributed by atoms with E-state index in [4.69, 9.17) is 0 Å². The molecule has 1 atom stereocenters. The lowest BCUT2D eigenvalue weighted by molar-refractivity contribution is 0.627. The van der Waals surface area contributed by atoms with Crippen molar-refractivity contribution in [1.29, 1.82) is 0 Å². The Hall–Kier alpha value is 1.22. The second kappa shape index (κ2) is 18.6. The van der Waals surface area contributed by atoms with E-state index in [-0.39, 0.29) is 0 Å². The maximum absolute atomic E-state index is 4.50. The van der Waals surface area contributed by atoms with Gasteiger partial charge < -0.3 is 0 Å². The molecule has 0 N–H and O–H groups in total. The molecule has 1 heterocycles. The smallest absolute Gasteiger partial charge is 0.120 e. The maximum atomic E-state index is 4.50. The highest BCUT2D eigenvalue weighted by molar-refractivity contribution is 8.79. The van der Waals surface area contributed by atoms with Gasteiger partial charge in [-0.15, -0.1) is 0 Å². The maximum Gasteiger partial charge on any atom is 0.120 e. The van der Waals surface area contributed by atoms with Crippen LogP contribution in [0.2, 0.25) is 0 Å². The second-order valence-electron chi connectivity index (χ2n) is 6.33. The van der Waals surface area contributed by atoms with Gasteiger partial charge in [-0.1, -0.05) is 110 Å². The molecule has 0 aromatic rings. The lowest BCUT2D eigenvalue weighted by Crippen LogP contribution is -1.94. The van der Waals surface area contributed by atoms with Crippen molar-refractivity contribution in [2.24, 2.45) is 5.10 Å². The van der Waals surface area contributed by atoms with Gasteiger partial charge in [-0.05, 0) is 12.8 Å². The molecule has 0 aromatic heterocycles. The molecule has 25 heavy (non-hydrogen) atoms. The van der Waals surface area contributed by atoms with Gasteiger partial charge in [-0.3, -0.25) is 0 Å². The van der Waals surface area contributed by atoms with E-state index in [0.29, 0.717) is 4.58 Å². The number of hydrogen-bond donors (Lipinski definition) is 0. The monoisotopic (exact) mass is 440 g/mol. The summed E-state index contributed by atoms with van der Waals surface area (Å²) in [6.45, 7) is 4.56. The highest BCUT2D eigenvalue weighted by atomic mass is 33.1. The summed E-state index contributed by atoms with van der Waals surface area (Å²) in [6, 6.07) is 0. The molecule has 148 valence electrons. The highest BCUT2D eigenvalue weighted by Gasteiger charge is 2.20. The molecule has 1 rings (SSSR count). The predicted molar refractivity (Wildman–Crippen MR) is 129 cm³/mol. The minimum Gasteiger partial charge on any atom is -0.167 e. The first-order valence-electron chi connectivity index (χ1n) is 9.95. The fraction of sp³-hybridized carbons (Fsp3) is 0.944. The van der Waals surface area contributed by atoms with Gasteiger partial charge in [0.25, 0.3) is 0 Å². The van der Waals surface area contributed by atoms with Gasteiger partial charge in [0, 0.05) is 23.5 Å². The van der Waals surface area contributed by atoms with Crippen LogP contribution in [-0.4, -0.2) is 26.1 Å². The SMILES string of the molecule is CCCCCCCCSSC1C=NN(SSCCCCCCCC)S1. The van der Waals surface area contributed by atoms with Gasteiger partial charge in [0.1, 0.15) is 4.58 Å². The number of nitrogens with zero attached hydrogens (tertiary/aromatic N) is 2. The molecule has 0 fully saturated rings. The van der Waals surface area contributed by atoms with E-state index in [0.717, 1.165) is 0 Å². The number of hydrogen-bond acceptors (Lipinski definition) is 7. The highest BCUT2D eigenvalue weighted by Crippen LogP contribution is 2.44. The van der Waals surface area contributed by atoms with Gasteiger partial charge >= 0.3 is 0 Å². The van der Waals surface area contributed by atoms with E-state index in [9.17, 15) is 0 Å². The zero-order valence-corrected chi connectivity index (χ0v) is 20.1. The van der Waals surface area contributed by atoms with E-state index in [1.807, 2.05) is 44.3 Å². The first kappa shape index (κ1) is 24.3. The molecule has 0 radical (unpaired) electrons. The Morgan fingerprint density at radius 2 is 1.36 bits per heavy atom. The fourth-order valence-electron chi connectivity index (χ4n) is 2.41. The molecule has 0 bridgehead atoms. The van der Waals surface area contributed by atoms with Gasteiger partial charge in [0.15, 0.2) is 0 Å². The topological polar surface area (TPSA) is 15.6 Å². The Kier molecular flexibility index (Phi) is 18.0. The Balaban J connectivity index is 1.84. The van der Waals surface area contributed by atoms with Crippen molar-refractivity contribution in [3.05, 3.63) is 0 Å². The fourth-order valence-corrected chi connectivity index (χ4v) is 8.69. The molecule has 2 nitrogen and oxygen atoms in total. The van der Waals surface area contributed by atoms with Crippen LogP contribution >= 0.6 is 55.3 Å². The van der Waals surface area contributed by atoms with Crippen LogP contribution in [0, 0.1) is 0 Å². The van der Waals surface area contributed by atoms with E-state index >= 15 is 0 Å². The Labute approximate surface area is 176 Å². The van der Waals surface area contributed by atoms with Crippen molar-refractivity contribution in [2.45, 2.75) is 95.5 Å². The van der Waals surface area contributed by atoms with Crippen molar-refractivity contribution in [3.63, 3.8) is 0 Å². The second-order valence-corrected chi connectivity index (χ2v) is 12.8. The van der Waals surface area contributed by atoms with Gasteiger partial charge in [0.2, 0.25) is 0 Å². The number of hydrazone groups is 1. The van der Waals surface area contributed by atoms with Crippen LogP contribution in [0.15, 0.2) is 5.10 Å². The summed E-state index contributed by atoms with van der Waals surface area (Å²) in [5.41, 5.74) is 0. The molecule has 0 aromatic carbocycles. The summed E-state index contributed by atoms with van der Waals surface area (Å²) in [4.78, 5) is 0.